The van der Waals surface area contributed by atoms with Gasteiger partial charge in [0.05, 0.1) is 18.8 Å². The van der Waals surface area contributed by atoms with Crippen LogP contribution in [0, 0.1) is 0 Å². The number of hydrogen-bond acceptors (Lipinski definition) is 6. The Bertz CT molecular complexity index is 1090. The van der Waals surface area contributed by atoms with E-state index in [4.69, 9.17) is 13.9 Å². The number of alkyl halides is 3. The van der Waals surface area contributed by atoms with Gasteiger partial charge in [0.2, 0.25) is 0 Å². The molecule has 1 fully saturated rings. The van der Waals surface area contributed by atoms with Crippen LogP contribution in [0.5, 0.6) is 5.75 Å². The fraction of sp³-hybridized carbons (Fsp3) is 0.640. The molecule has 220 valence electrons. The number of carboxylic acid groups (broad SMARTS) is 1. The van der Waals surface area contributed by atoms with Crippen molar-refractivity contribution < 1.29 is 46.6 Å². The molecule has 1 atom stereocenters. The van der Waals surface area contributed by atoms with Crippen molar-refractivity contribution in [1.82, 2.24) is 15.8 Å². The highest BCUT2D eigenvalue weighted by Crippen LogP contribution is 2.38. The van der Waals surface area contributed by atoms with Crippen LogP contribution in [0.4, 0.5) is 18.0 Å². The normalized spacial score (nSPS) is 19.5. The van der Waals surface area contributed by atoms with Gasteiger partial charge in [-0.3, -0.25) is 25.3 Å². The molecule has 3 amide bonds. The average Bonchev–Trinajstić information content (AvgIpc) is 3.05. The molecule has 1 unspecified atom stereocenters. The van der Waals surface area contributed by atoms with E-state index < -0.39 is 55.0 Å². The molecule has 1 aromatic carbocycles. The maximum atomic E-state index is 13.7. The number of nitrogens with one attached hydrogen (secondary N) is 2. The summed E-state index contributed by atoms with van der Waals surface area (Å²) in [4.78, 5) is 37.8. The van der Waals surface area contributed by atoms with Crippen molar-refractivity contribution in [3.63, 3.8) is 0 Å². The van der Waals surface area contributed by atoms with Crippen molar-refractivity contribution in [2.45, 2.75) is 83.5 Å². The lowest BCUT2D eigenvalue weighted by molar-refractivity contribution is -0.139. The smallest absolute Gasteiger partial charge is 0.419 e. The lowest BCUT2D eigenvalue weighted by Gasteiger charge is -2.36. The first-order valence-electron chi connectivity index (χ1n) is 12.4. The minimum atomic E-state index is -4.81. The molecule has 14 heteroatoms. The van der Waals surface area contributed by atoms with Gasteiger partial charge in [-0.15, -0.1) is 0 Å². The van der Waals surface area contributed by atoms with Crippen molar-refractivity contribution in [3.8, 4) is 5.75 Å². The second-order valence-electron chi connectivity index (χ2n) is 11.6. The number of rotatable bonds is 8. The van der Waals surface area contributed by atoms with E-state index in [1.807, 2.05) is 5.43 Å². The Morgan fingerprint density at radius 2 is 1.72 bits per heavy atom. The standard InChI is InChI=1S/C25H38F3N3O7Si/c1-22(2,3)39(7,8)38-13-9-12-36-18-11-10-16(14-17(18)25(26,27)28)19(32)29-30-20(33)24(6)15-37-23(4,5)31(24)21(34)35/h10-11,14H,9,12-13,15H2,1-8H3,(H,29,32)(H,30,33)(H,34,35). The van der Waals surface area contributed by atoms with Gasteiger partial charge in [0.25, 0.3) is 11.8 Å². The molecule has 2 rings (SSSR count). The Labute approximate surface area is 227 Å². The first-order chi connectivity index (χ1) is 17.6. The molecule has 0 aromatic heterocycles. The van der Waals surface area contributed by atoms with Gasteiger partial charge in [0.15, 0.2) is 8.32 Å². The minimum absolute atomic E-state index is 0.00199. The minimum Gasteiger partial charge on any atom is -0.493 e. The van der Waals surface area contributed by atoms with Crippen molar-refractivity contribution in [2.75, 3.05) is 19.8 Å². The van der Waals surface area contributed by atoms with Crippen LogP contribution in [-0.2, 0) is 20.1 Å². The maximum absolute atomic E-state index is 13.7. The maximum Gasteiger partial charge on any atom is 0.419 e. The van der Waals surface area contributed by atoms with Gasteiger partial charge >= 0.3 is 12.3 Å². The fourth-order valence-corrected chi connectivity index (χ4v) is 4.86. The topological polar surface area (TPSA) is 126 Å². The molecular formula is C25H38F3N3O7Si. The molecule has 0 aliphatic carbocycles. The Balaban J connectivity index is 2.06. The predicted octanol–water partition coefficient (Wildman–Crippen LogP) is 4.76. The van der Waals surface area contributed by atoms with Gasteiger partial charge in [-0.2, -0.15) is 13.2 Å². The van der Waals surface area contributed by atoms with Gasteiger partial charge < -0.3 is 19.0 Å². The van der Waals surface area contributed by atoms with E-state index in [1.54, 1.807) is 0 Å². The largest absolute Gasteiger partial charge is 0.493 e. The second kappa shape index (κ2) is 11.3. The van der Waals surface area contributed by atoms with Gasteiger partial charge in [-0.1, -0.05) is 20.8 Å². The first-order valence-corrected chi connectivity index (χ1v) is 15.3. The monoisotopic (exact) mass is 577 g/mol. The summed E-state index contributed by atoms with van der Waals surface area (Å²) in [6.45, 7) is 14.7. The van der Waals surface area contributed by atoms with Crippen LogP contribution in [0.15, 0.2) is 18.2 Å². The lowest BCUT2D eigenvalue weighted by Crippen LogP contribution is -2.63. The molecule has 1 saturated heterocycles. The molecule has 0 saturated carbocycles. The zero-order valence-electron chi connectivity index (χ0n) is 23.5. The fourth-order valence-electron chi connectivity index (χ4n) is 3.77. The summed E-state index contributed by atoms with van der Waals surface area (Å²) in [5, 5.41) is 9.54. The van der Waals surface area contributed by atoms with Crippen LogP contribution in [-0.4, -0.2) is 67.3 Å². The molecule has 0 bridgehead atoms. The Morgan fingerprint density at radius 3 is 2.26 bits per heavy atom. The zero-order chi connectivity index (χ0) is 30.0. The third-order valence-electron chi connectivity index (χ3n) is 7.07. The van der Waals surface area contributed by atoms with E-state index in [-0.39, 0.29) is 23.8 Å². The Morgan fingerprint density at radius 1 is 1.10 bits per heavy atom. The quantitative estimate of drug-likeness (QED) is 0.231. The van der Waals surface area contributed by atoms with Crippen LogP contribution in [0.2, 0.25) is 18.1 Å². The molecule has 1 heterocycles. The molecule has 1 aliphatic rings. The Hall–Kier alpha value is -2.84. The number of benzene rings is 1. The van der Waals surface area contributed by atoms with E-state index in [0.717, 1.165) is 17.0 Å². The highest BCUT2D eigenvalue weighted by atomic mass is 28.4. The summed E-state index contributed by atoms with van der Waals surface area (Å²) in [6.07, 6.45) is -5.85. The third kappa shape index (κ3) is 7.42. The van der Waals surface area contributed by atoms with E-state index in [2.05, 4.69) is 39.3 Å². The summed E-state index contributed by atoms with van der Waals surface area (Å²) in [5.41, 5.74) is -0.418. The SMILES string of the molecule is CC1(C)OCC(C)(C(=O)NNC(=O)c2ccc(OCCCO[Si](C)(C)C(C)(C)C)c(C(F)(F)F)c2)N1C(=O)O. The van der Waals surface area contributed by atoms with E-state index >= 15 is 0 Å². The molecule has 1 aromatic rings. The zero-order valence-corrected chi connectivity index (χ0v) is 24.5. The van der Waals surface area contributed by atoms with Gasteiger partial charge in [-0.05, 0) is 57.1 Å². The van der Waals surface area contributed by atoms with Crippen molar-refractivity contribution >= 4 is 26.2 Å². The summed E-state index contributed by atoms with van der Waals surface area (Å²) in [6, 6.07) is 2.79. The van der Waals surface area contributed by atoms with Crippen LogP contribution < -0.4 is 15.6 Å². The third-order valence-corrected chi connectivity index (χ3v) is 11.6. The van der Waals surface area contributed by atoms with Gasteiger partial charge in [0, 0.05) is 18.6 Å². The van der Waals surface area contributed by atoms with Crippen LogP contribution in [0.3, 0.4) is 0 Å². The molecule has 0 radical (unpaired) electrons. The average molecular weight is 578 g/mol. The first kappa shape index (κ1) is 32.4. The number of carbonyl (C=O) groups is 3. The second-order valence-corrected chi connectivity index (χ2v) is 16.4. The number of halogens is 3. The summed E-state index contributed by atoms with van der Waals surface area (Å²) in [5.74, 6) is -2.39. The molecule has 39 heavy (non-hydrogen) atoms. The van der Waals surface area contributed by atoms with Crippen molar-refractivity contribution in [1.29, 1.82) is 0 Å². The molecule has 1 aliphatic heterocycles. The van der Waals surface area contributed by atoms with E-state index in [0.29, 0.717) is 19.1 Å². The number of nitrogens with zero attached hydrogens (tertiary/aromatic N) is 1. The highest BCUT2D eigenvalue weighted by molar-refractivity contribution is 6.74. The van der Waals surface area contributed by atoms with Crippen LogP contribution in [0.1, 0.15) is 63.9 Å². The number of amides is 3. The van der Waals surface area contributed by atoms with Crippen molar-refractivity contribution in [3.05, 3.63) is 29.3 Å². The summed E-state index contributed by atoms with van der Waals surface area (Å²) >= 11 is 0. The van der Waals surface area contributed by atoms with Crippen molar-refractivity contribution in [2.24, 2.45) is 0 Å². The van der Waals surface area contributed by atoms with Crippen LogP contribution >= 0.6 is 0 Å². The number of hydrogen-bond donors (Lipinski definition) is 3. The highest BCUT2D eigenvalue weighted by Gasteiger charge is 2.56. The molecule has 10 nitrogen and oxygen atoms in total. The number of hydrazine groups is 1. The summed E-state index contributed by atoms with van der Waals surface area (Å²) < 4.78 is 58.0. The van der Waals surface area contributed by atoms with Gasteiger partial charge in [0.1, 0.15) is 17.0 Å². The Kier molecular flexibility index (Phi) is 9.41. The van der Waals surface area contributed by atoms with Crippen LogP contribution in [0.25, 0.3) is 0 Å². The van der Waals surface area contributed by atoms with E-state index in [9.17, 15) is 32.7 Å². The lowest BCUT2D eigenvalue weighted by atomic mass is 10.0. The number of carbonyl (C=O) groups excluding carboxylic acids is 2. The number of ether oxygens (including phenoxy) is 2. The predicted molar refractivity (Wildman–Crippen MR) is 139 cm³/mol. The van der Waals surface area contributed by atoms with E-state index in [1.165, 1.54) is 20.8 Å². The molecule has 3 N–H and O–H groups in total. The van der Waals surface area contributed by atoms with Gasteiger partial charge in [-0.25, -0.2) is 4.79 Å². The summed E-state index contributed by atoms with van der Waals surface area (Å²) in [7, 11) is -1.99. The molecular weight excluding hydrogens is 539 g/mol. The molecule has 0 spiro atoms.